The number of amides is 1. The molecule has 1 unspecified atom stereocenters. The van der Waals surface area contributed by atoms with E-state index in [4.69, 9.17) is 11.6 Å². The van der Waals surface area contributed by atoms with E-state index in [-0.39, 0.29) is 34.6 Å². The van der Waals surface area contributed by atoms with Crippen molar-refractivity contribution in [3.63, 3.8) is 0 Å². The number of nitriles is 1. The highest BCUT2D eigenvalue weighted by Gasteiger charge is 2.49. The first kappa shape index (κ1) is 20.7. The Morgan fingerprint density at radius 2 is 2.03 bits per heavy atom. The fraction of sp³-hybridized carbons (Fsp3) is 0.261. The molecule has 0 aliphatic carbocycles. The van der Waals surface area contributed by atoms with Crippen molar-refractivity contribution in [2.24, 2.45) is 0 Å². The Morgan fingerprint density at radius 3 is 2.75 bits per heavy atom. The Labute approximate surface area is 193 Å². The summed E-state index contributed by atoms with van der Waals surface area (Å²) < 4.78 is 2.82. The molecule has 1 amide bonds. The lowest BCUT2D eigenvalue weighted by Gasteiger charge is -2.27. The average molecular weight is 467 g/mol. The summed E-state index contributed by atoms with van der Waals surface area (Å²) in [6.45, 7) is 2.15. The van der Waals surface area contributed by atoms with Crippen LogP contribution in [0.1, 0.15) is 35.3 Å². The second-order valence-electron chi connectivity index (χ2n) is 7.93. The molecule has 1 aromatic heterocycles. The maximum Gasteiger partial charge on any atom is 0.336 e. The van der Waals surface area contributed by atoms with E-state index >= 15 is 0 Å². The van der Waals surface area contributed by atoms with E-state index in [1.807, 2.05) is 36.4 Å². The highest BCUT2D eigenvalue weighted by Crippen LogP contribution is 2.49. The number of nitrogens with zero attached hydrogens (tertiary/aromatic N) is 4. The molecule has 1 fully saturated rings. The van der Waals surface area contributed by atoms with Crippen LogP contribution in [0.2, 0.25) is 5.02 Å². The van der Waals surface area contributed by atoms with E-state index in [1.54, 1.807) is 22.5 Å². The molecule has 5 rings (SSSR count). The zero-order valence-corrected chi connectivity index (χ0v) is 18.7. The first-order chi connectivity index (χ1) is 15.4. The van der Waals surface area contributed by atoms with Gasteiger partial charge in [0.2, 0.25) is 11.8 Å². The summed E-state index contributed by atoms with van der Waals surface area (Å²) in [4.78, 5) is 28.9. The first-order valence-corrected chi connectivity index (χ1v) is 11.5. The Hall–Kier alpha value is -3.15. The number of hydrogen-bond donors (Lipinski definition) is 1. The average Bonchev–Trinajstić information content (AvgIpc) is 3.47. The normalized spacial score (nSPS) is 18.6. The highest BCUT2D eigenvalue weighted by atomic mass is 35.5. The number of imidazole rings is 1. The van der Waals surface area contributed by atoms with Gasteiger partial charge in [0, 0.05) is 11.4 Å². The van der Waals surface area contributed by atoms with Crippen molar-refractivity contribution in [1.82, 2.24) is 14.0 Å². The summed E-state index contributed by atoms with van der Waals surface area (Å²) in [6.07, 6.45) is 0.619. The summed E-state index contributed by atoms with van der Waals surface area (Å²) >= 11 is 7.76. The Kier molecular flexibility index (Phi) is 5.03. The lowest BCUT2D eigenvalue weighted by molar-refractivity contribution is -0.129. The molecule has 0 radical (unpaired) electrons. The van der Waals surface area contributed by atoms with E-state index in [1.165, 1.54) is 22.4 Å². The Bertz CT molecular complexity index is 1340. The van der Waals surface area contributed by atoms with Crippen LogP contribution in [0.15, 0.2) is 52.2 Å². The standard InChI is InChI=1S/C23H19ClN4O3S/c1-13-17(8-7-14(10-25)20(13)24)28-22(30)21-18-9-15(27(21)23(28)31)11-26(18)19(29)12-32-16-5-3-2-4-6-16/h2-8,15,18,30H,9,11-12H2,1H3/t15-,18?/m1/s1. The minimum absolute atomic E-state index is 0.0187. The fourth-order valence-electron chi connectivity index (χ4n) is 4.69. The predicted octanol–water partition coefficient (Wildman–Crippen LogP) is 3.80. The number of carbonyl (C=O) groups is 1. The van der Waals surface area contributed by atoms with E-state index in [9.17, 15) is 20.0 Å². The molecule has 2 bridgehead atoms. The molecule has 1 N–H and O–H groups in total. The maximum absolute atomic E-state index is 13.2. The zero-order valence-electron chi connectivity index (χ0n) is 17.2. The predicted molar refractivity (Wildman–Crippen MR) is 121 cm³/mol. The monoisotopic (exact) mass is 466 g/mol. The molecule has 2 aliphatic rings. The molecule has 1 saturated heterocycles. The third kappa shape index (κ3) is 3.04. The molecule has 7 nitrogen and oxygen atoms in total. The summed E-state index contributed by atoms with van der Waals surface area (Å²) in [5, 5.41) is 20.5. The molecule has 2 atom stereocenters. The van der Waals surface area contributed by atoms with Gasteiger partial charge in [0.1, 0.15) is 11.8 Å². The van der Waals surface area contributed by atoms with Crippen LogP contribution < -0.4 is 5.69 Å². The summed E-state index contributed by atoms with van der Waals surface area (Å²) in [7, 11) is 0. The fourth-order valence-corrected chi connectivity index (χ4v) is 5.69. The zero-order chi connectivity index (χ0) is 22.6. The minimum atomic E-state index is -0.361. The van der Waals surface area contributed by atoms with Gasteiger partial charge < -0.3 is 10.0 Å². The SMILES string of the molecule is Cc1c(-n2c(O)c3n(c2=O)[C@@H]2CC3N(C(=O)CSc3ccccc3)C2)ccc(C#N)c1Cl. The van der Waals surface area contributed by atoms with Crippen LogP contribution in [0, 0.1) is 18.3 Å². The van der Waals surface area contributed by atoms with Crippen LogP contribution in [-0.4, -0.2) is 37.3 Å². The van der Waals surface area contributed by atoms with Crippen LogP contribution in [0.3, 0.4) is 0 Å². The highest BCUT2D eigenvalue weighted by molar-refractivity contribution is 8.00. The number of hydrogen-bond acceptors (Lipinski definition) is 5. The van der Waals surface area contributed by atoms with Gasteiger partial charge in [0.25, 0.3) is 0 Å². The molecular formula is C23H19ClN4O3S. The second kappa shape index (κ2) is 7.76. The number of fused-ring (bicyclic) bond motifs is 5. The van der Waals surface area contributed by atoms with Crippen molar-refractivity contribution in [3.8, 4) is 17.6 Å². The van der Waals surface area contributed by atoms with Gasteiger partial charge in [0.15, 0.2) is 0 Å². The largest absolute Gasteiger partial charge is 0.493 e. The van der Waals surface area contributed by atoms with Crippen molar-refractivity contribution in [2.75, 3.05) is 12.3 Å². The first-order valence-electron chi connectivity index (χ1n) is 10.1. The van der Waals surface area contributed by atoms with Gasteiger partial charge in [-0.25, -0.2) is 9.36 Å². The van der Waals surface area contributed by atoms with E-state index < -0.39 is 0 Å². The minimum Gasteiger partial charge on any atom is -0.493 e. The smallest absolute Gasteiger partial charge is 0.336 e. The quantitative estimate of drug-likeness (QED) is 0.590. The number of halogens is 1. The van der Waals surface area contributed by atoms with Crippen molar-refractivity contribution in [1.29, 1.82) is 5.26 Å². The van der Waals surface area contributed by atoms with E-state index in [2.05, 4.69) is 0 Å². The lowest BCUT2D eigenvalue weighted by atomic mass is 10.1. The molecule has 9 heteroatoms. The number of carbonyl (C=O) groups excluding carboxylic acids is 1. The number of aromatic nitrogens is 2. The van der Waals surface area contributed by atoms with Gasteiger partial charge in [-0.1, -0.05) is 29.8 Å². The number of thioether (sulfide) groups is 1. The van der Waals surface area contributed by atoms with Crippen molar-refractivity contribution >= 4 is 29.3 Å². The Morgan fingerprint density at radius 1 is 1.28 bits per heavy atom. The number of likely N-dealkylation sites (tertiary alicyclic amines) is 1. The van der Waals surface area contributed by atoms with Crippen LogP contribution in [0.4, 0.5) is 0 Å². The van der Waals surface area contributed by atoms with Crippen molar-refractivity contribution in [2.45, 2.75) is 30.3 Å². The third-order valence-electron chi connectivity index (χ3n) is 6.20. The molecule has 32 heavy (non-hydrogen) atoms. The van der Waals surface area contributed by atoms with E-state index in [0.29, 0.717) is 41.2 Å². The number of rotatable bonds is 4. The lowest BCUT2D eigenvalue weighted by Crippen LogP contribution is -2.38. The summed E-state index contributed by atoms with van der Waals surface area (Å²) in [5.74, 6) is 0.0953. The molecular weight excluding hydrogens is 448 g/mol. The molecule has 0 saturated carbocycles. The third-order valence-corrected chi connectivity index (χ3v) is 7.69. The molecule has 3 aromatic rings. The van der Waals surface area contributed by atoms with Gasteiger partial charge in [-0.2, -0.15) is 5.26 Å². The van der Waals surface area contributed by atoms with Crippen LogP contribution >= 0.6 is 23.4 Å². The molecule has 0 spiro atoms. The number of benzene rings is 2. The summed E-state index contributed by atoms with van der Waals surface area (Å²) in [6, 6.07) is 14.4. The van der Waals surface area contributed by atoms with Crippen LogP contribution in [0.25, 0.3) is 5.69 Å². The second-order valence-corrected chi connectivity index (χ2v) is 9.36. The molecule has 2 aliphatic heterocycles. The molecule has 3 heterocycles. The summed E-state index contributed by atoms with van der Waals surface area (Å²) in [5.41, 5.74) is 1.37. The van der Waals surface area contributed by atoms with Crippen LogP contribution in [-0.2, 0) is 4.79 Å². The topological polar surface area (TPSA) is 91.3 Å². The van der Waals surface area contributed by atoms with E-state index in [0.717, 1.165) is 4.90 Å². The van der Waals surface area contributed by atoms with Gasteiger partial charge in [-0.05, 0) is 43.2 Å². The van der Waals surface area contributed by atoms with Gasteiger partial charge >= 0.3 is 5.69 Å². The molecule has 162 valence electrons. The van der Waals surface area contributed by atoms with Crippen LogP contribution in [0.5, 0.6) is 5.88 Å². The maximum atomic E-state index is 13.2. The Balaban J connectivity index is 1.47. The van der Waals surface area contributed by atoms with Crippen molar-refractivity contribution in [3.05, 3.63) is 74.8 Å². The molecule has 2 aromatic carbocycles. The number of aromatic hydroxyl groups is 1. The van der Waals surface area contributed by atoms with Crippen molar-refractivity contribution < 1.29 is 9.90 Å². The van der Waals surface area contributed by atoms with Gasteiger partial charge in [-0.15, -0.1) is 11.8 Å². The van der Waals surface area contributed by atoms with Gasteiger partial charge in [-0.3, -0.25) is 9.36 Å². The van der Waals surface area contributed by atoms with Gasteiger partial charge in [0.05, 0.1) is 34.1 Å².